The number of nitrogens with one attached hydrogen (secondary N) is 1. The number of hydrogen-bond donors (Lipinski definition) is 1. The van der Waals surface area contributed by atoms with Gasteiger partial charge < -0.3 is 14.6 Å². The van der Waals surface area contributed by atoms with Gasteiger partial charge in [-0.05, 0) is 61.4 Å². The molecule has 204 valence electrons. The Kier molecular flexibility index (Phi) is 8.67. The number of aryl methyl sites for hydroxylation is 2. The number of para-hydroxylation sites is 1. The van der Waals surface area contributed by atoms with Gasteiger partial charge in [-0.3, -0.25) is 4.79 Å². The van der Waals surface area contributed by atoms with Gasteiger partial charge in [0.2, 0.25) is 0 Å². The minimum atomic E-state index is -0.420. The van der Waals surface area contributed by atoms with Gasteiger partial charge in [-0.1, -0.05) is 48.0 Å². The summed E-state index contributed by atoms with van der Waals surface area (Å²) in [5.74, 6) is 0.318. The number of carbonyl (C=O) groups is 1. The molecule has 5 rings (SSSR count). The highest BCUT2D eigenvalue weighted by molar-refractivity contribution is 6.02. The number of amides is 1. The number of benzene rings is 3. The van der Waals surface area contributed by atoms with Gasteiger partial charge in [0.05, 0.1) is 17.7 Å². The lowest BCUT2D eigenvalue weighted by atomic mass is 10.1. The van der Waals surface area contributed by atoms with Crippen molar-refractivity contribution < 1.29 is 9.53 Å². The molecule has 0 fully saturated rings. The Hall–Kier alpha value is -5.42. The fourth-order valence-electron chi connectivity index (χ4n) is 4.27. The third kappa shape index (κ3) is 7.16. The van der Waals surface area contributed by atoms with E-state index in [-0.39, 0.29) is 5.57 Å². The quantitative estimate of drug-likeness (QED) is 0.130. The molecule has 0 radical (unpaired) electrons. The Labute approximate surface area is 239 Å². The van der Waals surface area contributed by atoms with Crippen LogP contribution in [0, 0.1) is 18.3 Å². The smallest absolute Gasteiger partial charge is 0.261 e. The molecule has 5 aromatic rings. The highest BCUT2D eigenvalue weighted by Crippen LogP contribution is 2.28. The van der Waals surface area contributed by atoms with Crippen molar-refractivity contribution in [3.63, 3.8) is 0 Å². The molecule has 8 heteroatoms. The zero-order chi connectivity index (χ0) is 28.4. The van der Waals surface area contributed by atoms with Crippen LogP contribution in [0.1, 0.15) is 23.1 Å². The van der Waals surface area contributed by atoms with E-state index in [2.05, 4.69) is 47.6 Å². The molecule has 0 atom stereocenters. The average molecular weight is 543 g/mol. The summed E-state index contributed by atoms with van der Waals surface area (Å²) in [5, 5.41) is 17.5. The van der Waals surface area contributed by atoms with Crippen LogP contribution in [0.3, 0.4) is 0 Å². The number of rotatable bonds is 11. The van der Waals surface area contributed by atoms with Crippen molar-refractivity contribution in [2.24, 2.45) is 0 Å². The van der Waals surface area contributed by atoms with Crippen LogP contribution in [0.25, 0.3) is 23.0 Å². The molecule has 0 saturated carbocycles. The maximum absolute atomic E-state index is 12.9. The molecular weight excluding hydrogens is 512 g/mol. The molecule has 3 aromatic carbocycles. The Morgan fingerprint density at radius 3 is 2.54 bits per heavy atom. The number of hydrogen-bond acceptors (Lipinski definition) is 5. The van der Waals surface area contributed by atoms with Crippen molar-refractivity contribution in [1.29, 1.82) is 5.26 Å². The summed E-state index contributed by atoms with van der Waals surface area (Å²) in [5.41, 5.74) is 5.34. The monoisotopic (exact) mass is 542 g/mol. The van der Waals surface area contributed by atoms with Crippen molar-refractivity contribution in [2.45, 2.75) is 26.5 Å². The van der Waals surface area contributed by atoms with Gasteiger partial charge in [0.1, 0.15) is 24.0 Å². The molecule has 0 aliphatic carbocycles. The lowest BCUT2D eigenvalue weighted by molar-refractivity contribution is -0.117. The summed E-state index contributed by atoms with van der Waals surface area (Å²) < 4.78 is 9.66. The fourth-order valence-corrected chi connectivity index (χ4v) is 4.27. The molecule has 0 aliphatic rings. The molecule has 2 aromatic heterocycles. The fraction of sp³-hybridized carbons (Fsp3) is 0.152. The first-order valence-corrected chi connectivity index (χ1v) is 13.4. The zero-order valence-corrected chi connectivity index (χ0v) is 22.8. The number of nitrogens with zero attached hydrogens (tertiary/aromatic N) is 5. The minimum absolute atomic E-state index is 0.0135. The van der Waals surface area contributed by atoms with Crippen LogP contribution in [0.5, 0.6) is 5.75 Å². The number of carbonyl (C=O) groups excluding carboxylic acids is 1. The third-order valence-electron chi connectivity index (χ3n) is 6.52. The number of nitriles is 1. The Balaban J connectivity index is 1.35. The maximum atomic E-state index is 12.9. The number of imidazole rings is 1. The molecule has 2 heterocycles. The standard InChI is InChI=1S/C33H30N6O2/c1-25-8-10-26(11-9-25)23-41-31-14-12-27(13-15-31)32-29(22-39(37-32)30-6-3-2-4-7-30)20-28(21-34)33(40)36-16-5-18-38-19-17-35-24-38/h2-4,6-15,17,19-20,22,24H,5,16,18,23H2,1H3,(H,36,40). The second-order valence-corrected chi connectivity index (χ2v) is 9.59. The molecule has 1 amide bonds. The third-order valence-corrected chi connectivity index (χ3v) is 6.52. The topological polar surface area (TPSA) is 97.8 Å². The number of ether oxygens (including phenoxy) is 1. The van der Waals surface area contributed by atoms with E-state index >= 15 is 0 Å². The highest BCUT2D eigenvalue weighted by atomic mass is 16.5. The molecule has 1 N–H and O–H groups in total. The van der Waals surface area contributed by atoms with E-state index in [0.717, 1.165) is 35.5 Å². The first-order valence-electron chi connectivity index (χ1n) is 13.4. The SMILES string of the molecule is Cc1ccc(COc2ccc(-c3nn(-c4ccccc4)cc3C=C(C#N)C(=O)NCCCn3ccnc3)cc2)cc1. The highest BCUT2D eigenvalue weighted by Gasteiger charge is 2.15. The van der Waals surface area contributed by atoms with E-state index in [9.17, 15) is 10.1 Å². The summed E-state index contributed by atoms with van der Waals surface area (Å²) in [7, 11) is 0. The van der Waals surface area contributed by atoms with Gasteiger partial charge in [0, 0.05) is 42.8 Å². The maximum Gasteiger partial charge on any atom is 0.261 e. The first kappa shape index (κ1) is 27.2. The Bertz CT molecular complexity index is 1650. The summed E-state index contributed by atoms with van der Waals surface area (Å²) >= 11 is 0. The van der Waals surface area contributed by atoms with E-state index in [0.29, 0.717) is 24.4 Å². The summed E-state index contributed by atoms with van der Waals surface area (Å²) in [6.45, 7) is 3.70. The van der Waals surface area contributed by atoms with Gasteiger partial charge in [-0.25, -0.2) is 9.67 Å². The van der Waals surface area contributed by atoms with Crippen LogP contribution in [-0.2, 0) is 17.9 Å². The lowest BCUT2D eigenvalue weighted by Gasteiger charge is -2.08. The van der Waals surface area contributed by atoms with Crippen molar-refractivity contribution in [2.75, 3.05) is 6.54 Å². The van der Waals surface area contributed by atoms with E-state index in [1.807, 2.05) is 71.6 Å². The van der Waals surface area contributed by atoms with Crippen LogP contribution in [-0.4, -0.2) is 31.8 Å². The van der Waals surface area contributed by atoms with E-state index in [4.69, 9.17) is 9.84 Å². The van der Waals surface area contributed by atoms with Crippen LogP contribution >= 0.6 is 0 Å². The van der Waals surface area contributed by atoms with Gasteiger partial charge in [-0.15, -0.1) is 0 Å². The normalized spacial score (nSPS) is 11.2. The molecule has 0 spiro atoms. The predicted molar refractivity (Wildman–Crippen MR) is 158 cm³/mol. The second-order valence-electron chi connectivity index (χ2n) is 9.59. The van der Waals surface area contributed by atoms with E-state index in [1.165, 1.54) is 5.56 Å². The van der Waals surface area contributed by atoms with Crippen molar-refractivity contribution in [1.82, 2.24) is 24.6 Å². The molecular formula is C33H30N6O2. The minimum Gasteiger partial charge on any atom is -0.489 e. The van der Waals surface area contributed by atoms with Crippen LogP contribution in [0.2, 0.25) is 0 Å². The van der Waals surface area contributed by atoms with Gasteiger partial charge in [-0.2, -0.15) is 10.4 Å². The molecule has 0 aliphatic heterocycles. The summed E-state index contributed by atoms with van der Waals surface area (Å²) in [6, 6.07) is 27.7. The van der Waals surface area contributed by atoms with Gasteiger partial charge >= 0.3 is 0 Å². The average Bonchev–Trinajstić information content (AvgIpc) is 3.69. The van der Waals surface area contributed by atoms with Crippen molar-refractivity contribution in [3.05, 3.63) is 126 Å². The molecule has 0 saturated heterocycles. The van der Waals surface area contributed by atoms with Crippen LogP contribution < -0.4 is 10.1 Å². The predicted octanol–water partition coefficient (Wildman–Crippen LogP) is 5.74. The zero-order valence-electron chi connectivity index (χ0n) is 22.8. The molecule has 41 heavy (non-hydrogen) atoms. The summed E-state index contributed by atoms with van der Waals surface area (Å²) in [4.78, 5) is 16.9. The summed E-state index contributed by atoms with van der Waals surface area (Å²) in [6.07, 6.45) is 9.46. The Morgan fingerprint density at radius 1 is 1.05 bits per heavy atom. The Morgan fingerprint density at radius 2 is 1.83 bits per heavy atom. The van der Waals surface area contributed by atoms with Gasteiger partial charge in [0.15, 0.2) is 0 Å². The molecule has 0 bridgehead atoms. The molecule has 8 nitrogen and oxygen atoms in total. The van der Waals surface area contributed by atoms with Crippen molar-refractivity contribution in [3.8, 4) is 28.8 Å². The molecule has 0 unspecified atom stereocenters. The van der Waals surface area contributed by atoms with Crippen molar-refractivity contribution >= 4 is 12.0 Å². The largest absolute Gasteiger partial charge is 0.489 e. The van der Waals surface area contributed by atoms with Crippen LogP contribution in [0.4, 0.5) is 0 Å². The van der Waals surface area contributed by atoms with Crippen LogP contribution in [0.15, 0.2) is 109 Å². The van der Waals surface area contributed by atoms with Gasteiger partial charge in [0.25, 0.3) is 5.91 Å². The van der Waals surface area contributed by atoms with E-state index in [1.54, 1.807) is 23.3 Å². The lowest BCUT2D eigenvalue weighted by Crippen LogP contribution is -2.26. The second kappa shape index (κ2) is 13.1. The number of aromatic nitrogens is 4. The van der Waals surface area contributed by atoms with E-state index < -0.39 is 5.91 Å². The first-order chi connectivity index (χ1) is 20.1.